The van der Waals surface area contributed by atoms with Crippen LogP contribution in [0.2, 0.25) is 0 Å². The van der Waals surface area contributed by atoms with E-state index in [1.807, 2.05) is 0 Å². The highest BCUT2D eigenvalue weighted by Crippen LogP contribution is 2.61. The minimum atomic E-state index is 0.0185. The molecule has 0 aromatic rings. The standard InChI is InChI=1S/C7H10O2/c1-7(2)4-3-9-6(8)5(4)7/h4-5H,3H2,1-2H3/t4-,5-/m1/s1. The van der Waals surface area contributed by atoms with E-state index in [4.69, 9.17) is 4.74 Å². The molecule has 1 aliphatic carbocycles. The fourth-order valence-electron chi connectivity index (χ4n) is 1.78. The second-order valence-corrected chi connectivity index (χ2v) is 3.54. The minimum Gasteiger partial charge on any atom is -0.465 e. The van der Waals surface area contributed by atoms with Gasteiger partial charge in [-0.3, -0.25) is 4.79 Å². The number of fused-ring (bicyclic) bond motifs is 1. The largest absolute Gasteiger partial charge is 0.465 e. The van der Waals surface area contributed by atoms with E-state index in [0.717, 1.165) is 0 Å². The Morgan fingerprint density at radius 1 is 1.67 bits per heavy atom. The summed E-state index contributed by atoms with van der Waals surface area (Å²) in [6.07, 6.45) is 0. The van der Waals surface area contributed by atoms with Crippen LogP contribution in [0.1, 0.15) is 13.8 Å². The van der Waals surface area contributed by atoms with E-state index in [0.29, 0.717) is 12.5 Å². The summed E-state index contributed by atoms with van der Waals surface area (Å²) in [5.41, 5.74) is 0.259. The number of cyclic esters (lactones) is 1. The van der Waals surface area contributed by atoms with E-state index in [1.54, 1.807) is 0 Å². The third-order valence-corrected chi connectivity index (χ3v) is 2.71. The monoisotopic (exact) mass is 126 g/mol. The molecule has 1 saturated heterocycles. The van der Waals surface area contributed by atoms with Crippen molar-refractivity contribution in [3.8, 4) is 0 Å². The maximum atomic E-state index is 10.8. The lowest BCUT2D eigenvalue weighted by molar-refractivity contribution is -0.142. The van der Waals surface area contributed by atoms with Gasteiger partial charge in [0.2, 0.25) is 0 Å². The molecule has 0 unspecified atom stereocenters. The van der Waals surface area contributed by atoms with Gasteiger partial charge >= 0.3 is 5.97 Å². The molecule has 2 heteroatoms. The zero-order chi connectivity index (χ0) is 6.65. The van der Waals surface area contributed by atoms with E-state index in [-0.39, 0.29) is 17.3 Å². The van der Waals surface area contributed by atoms with Crippen molar-refractivity contribution < 1.29 is 9.53 Å². The average molecular weight is 126 g/mol. The first-order valence-electron chi connectivity index (χ1n) is 3.30. The molecular weight excluding hydrogens is 116 g/mol. The predicted molar refractivity (Wildman–Crippen MR) is 31.7 cm³/mol. The molecule has 0 spiro atoms. The highest BCUT2D eigenvalue weighted by Gasteiger charge is 2.66. The Morgan fingerprint density at radius 3 is 2.56 bits per heavy atom. The number of ether oxygens (including phenoxy) is 1. The lowest BCUT2D eigenvalue weighted by atomic mass is 10.1. The summed E-state index contributed by atoms with van der Waals surface area (Å²) in [4.78, 5) is 10.8. The first-order valence-corrected chi connectivity index (χ1v) is 3.30. The molecule has 0 aromatic heterocycles. The summed E-state index contributed by atoms with van der Waals surface area (Å²) >= 11 is 0. The molecule has 1 saturated carbocycles. The van der Waals surface area contributed by atoms with Gasteiger partial charge in [-0.05, 0) is 5.41 Å². The molecule has 1 aliphatic heterocycles. The summed E-state index contributed by atoms with van der Waals surface area (Å²) in [5, 5.41) is 0. The van der Waals surface area contributed by atoms with Gasteiger partial charge in [0, 0.05) is 5.92 Å². The molecule has 2 fully saturated rings. The Labute approximate surface area is 54.2 Å². The number of rotatable bonds is 0. The number of carbonyl (C=O) groups is 1. The number of carbonyl (C=O) groups excluding carboxylic acids is 1. The van der Waals surface area contributed by atoms with Crippen molar-refractivity contribution in [1.29, 1.82) is 0 Å². The van der Waals surface area contributed by atoms with E-state index in [1.165, 1.54) is 0 Å². The molecule has 50 valence electrons. The molecule has 0 bridgehead atoms. The van der Waals surface area contributed by atoms with Crippen LogP contribution < -0.4 is 0 Å². The Balaban J connectivity index is 2.23. The second kappa shape index (κ2) is 1.15. The molecule has 1 heterocycles. The van der Waals surface area contributed by atoms with E-state index in [9.17, 15) is 4.79 Å². The summed E-state index contributed by atoms with van der Waals surface area (Å²) in [5.74, 6) is 0.785. The molecule has 2 rings (SSSR count). The van der Waals surface area contributed by atoms with Crippen molar-refractivity contribution in [2.45, 2.75) is 13.8 Å². The van der Waals surface area contributed by atoms with Gasteiger partial charge < -0.3 is 4.74 Å². The van der Waals surface area contributed by atoms with Crippen molar-refractivity contribution >= 4 is 5.97 Å². The third-order valence-electron chi connectivity index (χ3n) is 2.71. The first kappa shape index (κ1) is 5.27. The van der Waals surface area contributed by atoms with Crippen molar-refractivity contribution in [3.05, 3.63) is 0 Å². The third kappa shape index (κ3) is 0.443. The van der Waals surface area contributed by atoms with Crippen molar-refractivity contribution in [1.82, 2.24) is 0 Å². The second-order valence-electron chi connectivity index (χ2n) is 3.54. The van der Waals surface area contributed by atoms with E-state index < -0.39 is 0 Å². The van der Waals surface area contributed by atoms with Crippen LogP contribution in [0.15, 0.2) is 0 Å². The smallest absolute Gasteiger partial charge is 0.309 e. The average Bonchev–Trinajstić information content (AvgIpc) is 2.19. The van der Waals surface area contributed by atoms with Crippen LogP contribution in [-0.2, 0) is 9.53 Å². The Kier molecular flexibility index (Phi) is 0.675. The van der Waals surface area contributed by atoms with Gasteiger partial charge in [-0.15, -0.1) is 0 Å². The summed E-state index contributed by atoms with van der Waals surface area (Å²) < 4.78 is 4.81. The maximum Gasteiger partial charge on any atom is 0.309 e. The fraction of sp³-hybridized carbons (Fsp3) is 0.857. The first-order chi connectivity index (χ1) is 4.14. The normalized spacial score (nSPS) is 44.0. The highest BCUT2D eigenvalue weighted by atomic mass is 16.5. The highest BCUT2D eigenvalue weighted by molar-refractivity contribution is 5.80. The fourth-order valence-corrected chi connectivity index (χ4v) is 1.78. The zero-order valence-electron chi connectivity index (χ0n) is 5.68. The number of esters is 1. The Hall–Kier alpha value is -0.530. The van der Waals surface area contributed by atoms with E-state index in [2.05, 4.69) is 13.8 Å². The van der Waals surface area contributed by atoms with Crippen LogP contribution in [0.5, 0.6) is 0 Å². The quantitative estimate of drug-likeness (QED) is 0.449. The predicted octanol–water partition coefficient (Wildman–Crippen LogP) is 0.815. The lowest BCUT2D eigenvalue weighted by Gasteiger charge is -2.05. The molecule has 0 N–H and O–H groups in total. The van der Waals surface area contributed by atoms with Crippen LogP contribution in [0, 0.1) is 17.3 Å². The van der Waals surface area contributed by atoms with Gasteiger partial charge in [0.1, 0.15) is 0 Å². The van der Waals surface area contributed by atoms with Crippen molar-refractivity contribution in [2.24, 2.45) is 17.3 Å². The van der Waals surface area contributed by atoms with Gasteiger partial charge in [-0.1, -0.05) is 13.8 Å². The molecule has 0 radical (unpaired) electrons. The van der Waals surface area contributed by atoms with Crippen molar-refractivity contribution in [2.75, 3.05) is 6.61 Å². The van der Waals surface area contributed by atoms with Crippen LogP contribution in [0.3, 0.4) is 0 Å². The van der Waals surface area contributed by atoms with Crippen LogP contribution in [-0.4, -0.2) is 12.6 Å². The molecule has 2 aliphatic rings. The number of hydrogen-bond donors (Lipinski definition) is 0. The van der Waals surface area contributed by atoms with Crippen LogP contribution in [0.4, 0.5) is 0 Å². The summed E-state index contributed by atoms with van der Waals surface area (Å²) in [7, 11) is 0. The van der Waals surface area contributed by atoms with Gasteiger partial charge in [-0.2, -0.15) is 0 Å². The summed E-state index contributed by atoms with van der Waals surface area (Å²) in [6, 6.07) is 0. The Bertz CT molecular complexity index is 172. The Morgan fingerprint density at radius 2 is 2.33 bits per heavy atom. The van der Waals surface area contributed by atoms with Gasteiger partial charge in [-0.25, -0.2) is 0 Å². The molecule has 0 amide bonds. The maximum absolute atomic E-state index is 10.8. The summed E-state index contributed by atoms with van der Waals surface area (Å²) in [6.45, 7) is 4.92. The van der Waals surface area contributed by atoms with E-state index >= 15 is 0 Å². The molecule has 0 aromatic carbocycles. The SMILES string of the molecule is CC1(C)[C@@H]2COC(=O)[C@@H]21. The van der Waals surface area contributed by atoms with Crippen molar-refractivity contribution in [3.63, 3.8) is 0 Å². The zero-order valence-corrected chi connectivity index (χ0v) is 5.68. The van der Waals surface area contributed by atoms with Gasteiger partial charge in [0.15, 0.2) is 0 Å². The number of hydrogen-bond acceptors (Lipinski definition) is 2. The lowest BCUT2D eigenvalue weighted by Crippen LogP contribution is -2.09. The molecule has 9 heavy (non-hydrogen) atoms. The minimum absolute atomic E-state index is 0.0185. The van der Waals surface area contributed by atoms with Crippen LogP contribution >= 0.6 is 0 Å². The van der Waals surface area contributed by atoms with Crippen LogP contribution in [0.25, 0.3) is 0 Å². The topological polar surface area (TPSA) is 26.3 Å². The molecule has 2 nitrogen and oxygen atoms in total. The molecular formula is C7H10O2. The van der Waals surface area contributed by atoms with Gasteiger partial charge in [0.05, 0.1) is 12.5 Å². The molecule has 2 atom stereocenters. The van der Waals surface area contributed by atoms with Gasteiger partial charge in [0.25, 0.3) is 0 Å².